The van der Waals surface area contributed by atoms with Crippen molar-refractivity contribution in [1.29, 1.82) is 0 Å². The van der Waals surface area contributed by atoms with Gasteiger partial charge in [-0.1, -0.05) is 37.6 Å². The van der Waals surface area contributed by atoms with E-state index in [4.69, 9.17) is 16.7 Å². The summed E-state index contributed by atoms with van der Waals surface area (Å²) in [7, 11) is 0. The fraction of sp³-hybridized carbons (Fsp3) is 0.462. The summed E-state index contributed by atoms with van der Waals surface area (Å²) in [5.41, 5.74) is 0.313. The number of urea groups is 1. The van der Waals surface area contributed by atoms with E-state index in [0.717, 1.165) is 0 Å². The molecule has 0 bridgehead atoms. The van der Waals surface area contributed by atoms with Gasteiger partial charge < -0.3 is 15.7 Å². The maximum atomic E-state index is 13.6. The minimum atomic E-state index is -0.535. The van der Waals surface area contributed by atoms with Crippen LogP contribution in [0, 0.1) is 11.7 Å². The summed E-state index contributed by atoms with van der Waals surface area (Å²) in [6.07, 6.45) is 0. The first-order chi connectivity index (χ1) is 8.95. The Kier molecular flexibility index (Phi) is 6.05. The van der Waals surface area contributed by atoms with Crippen LogP contribution in [-0.2, 0) is 6.54 Å². The van der Waals surface area contributed by atoms with Gasteiger partial charge in [-0.25, -0.2) is 9.18 Å². The first-order valence-electron chi connectivity index (χ1n) is 6.03. The SMILES string of the molecule is CC(C)[C@@H](CO)NC(=O)NCc1cccc(Cl)c1F. The Morgan fingerprint density at radius 3 is 2.74 bits per heavy atom. The number of hydrogen-bond acceptors (Lipinski definition) is 2. The molecule has 0 fully saturated rings. The van der Waals surface area contributed by atoms with E-state index in [0.29, 0.717) is 5.56 Å². The van der Waals surface area contributed by atoms with Crippen molar-refractivity contribution in [2.45, 2.75) is 26.4 Å². The number of aliphatic hydroxyl groups is 1. The van der Waals surface area contributed by atoms with Crippen LogP contribution in [0.5, 0.6) is 0 Å². The smallest absolute Gasteiger partial charge is 0.315 e. The van der Waals surface area contributed by atoms with Crippen LogP contribution in [0.4, 0.5) is 9.18 Å². The fourth-order valence-electron chi connectivity index (χ4n) is 1.50. The summed E-state index contributed by atoms with van der Waals surface area (Å²) in [5, 5.41) is 14.3. The molecule has 0 saturated heterocycles. The maximum absolute atomic E-state index is 13.6. The number of halogens is 2. The molecule has 0 heterocycles. The predicted octanol–water partition coefficient (Wildman–Crippen LogP) is 2.30. The molecule has 0 spiro atoms. The summed E-state index contributed by atoms with van der Waals surface area (Å²) in [5.74, 6) is -0.425. The van der Waals surface area contributed by atoms with E-state index in [1.165, 1.54) is 6.07 Å². The van der Waals surface area contributed by atoms with E-state index in [9.17, 15) is 9.18 Å². The third-order valence-electron chi connectivity index (χ3n) is 2.79. The van der Waals surface area contributed by atoms with Crippen LogP contribution in [-0.4, -0.2) is 23.8 Å². The molecule has 0 aliphatic carbocycles. The van der Waals surface area contributed by atoms with E-state index < -0.39 is 11.8 Å². The molecular weight excluding hydrogens is 271 g/mol. The van der Waals surface area contributed by atoms with Gasteiger partial charge in [-0.15, -0.1) is 0 Å². The Balaban J connectivity index is 2.52. The lowest BCUT2D eigenvalue weighted by atomic mass is 10.1. The maximum Gasteiger partial charge on any atom is 0.315 e. The zero-order chi connectivity index (χ0) is 14.4. The van der Waals surface area contributed by atoms with E-state index in [1.54, 1.807) is 12.1 Å². The molecule has 6 heteroatoms. The molecule has 0 saturated carbocycles. The van der Waals surface area contributed by atoms with Crippen molar-refractivity contribution >= 4 is 17.6 Å². The minimum absolute atomic E-state index is 0.0233. The van der Waals surface area contributed by atoms with Crippen molar-refractivity contribution < 1.29 is 14.3 Å². The lowest BCUT2D eigenvalue weighted by Crippen LogP contribution is -2.46. The van der Waals surface area contributed by atoms with Gasteiger partial charge in [0.1, 0.15) is 5.82 Å². The number of amides is 2. The van der Waals surface area contributed by atoms with E-state index >= 15 is 0 Å². The third-order valence-corrected chi connectivity index (χ3v) is 3.08. The number of nitrogens with one attached hydrogen (secondary N) is 2. The second-order valence-corrected chi connectivity index (χ2v) is 4.98. The average molecular weight is 289 g/mol. The Morgan fingerprint density at radius 1 is 1.47 bits per heavy atom. The molecule has 106 valence electrons. The molecule has 1 rings (SSSR count). The quantitative estimate of drug-likeness (QED) is 0.778. The van der Waals surface area contributed by atoms with Crippen LogP contribution in [0.1, 0.15) is 19.4 Å². The normalized spacial score (nSPS) is 12.3. The average Bonchev–Trinajstić information content (AvgIpc) is 2.37. The number of rotatable bonds is 5. The predicted molar refractivity (Wildman–Crippen MR) is 72.5 cm³/mol. The fourth-order valence-corrected chi connectivity index (χ4v) is 1.70. The van der Waals surface area contributed by atoms with Crippen molar-refractivity contribution in [2.75, 3.05) is 6.61 Å². The lowest BCUT2D eigenvalue weighted by molar-refractivity contribution is 0.198. The van der Waals surface area contributed by atoms with Gasteiger partial charge in [0.05, 0.1) is 17.7 Å². The highest BCUT2D eigenvalue weighted by atomic mass is 35.5. The van der Waals surface area contributed by atoms with Crippen LogP contribution in [0.3, 0.4) is 0 Å². The van der Waals surface area contributed by atoms with Gasteiger partial charge in [-0.3, -0.25) is 0 Å². The van der Waals surface area contributed by atoms with Crippen LogP contribution in [0.15, 0.2) is 18.2 Å². The minimum Gasteiger partial charge on any atom is -0.394 e. The standard InChI is InChI=1S/C13H18ClFN2O2/c1-8(2)11(7-18)17-13(19)16-6-9-4-3-5-10(14)12(9)15/h3-5,8,11,18H,6-7H2,1-2H3,(H2,16,17,19)/t11-/m1/s1. The number of aliphatic hydroxyl groups excluding tert-OH is 1. The largest absolute Gasteiger partial charge is 0.394 e. The number of carbonyl (C=O) groups excluding carboxylic acids is 1. The van der Waals surface area contributed by atoms with E-state index in [2.05, 4.69) is 10.6 Å². The Bertz CT molecular complexity index is 441. The molecule has 2 amide bonds. The third kappa shape index (κ3) is 4.69. The molecule has 0 radical (unpaired) electrons. The monoisotopic (exact) mass is 288 g/mol. The number of benzene rings is 1. The highest BCUT2D eigenvalue weighted by Crippen LogP contribution is 2.17. The molecule has 1 aromatic rings. The molecule has 4 nitrogen and oxygen atoms in total. The van der Waals surface area contributed by atoms with Crippen LogP contribution >= 0.6 is 11.6 Å². The van der Waals surface area contributed by atoms with Crippen molar-refractivity contribution in [1.82, 2.24) is 10.6 Å². The zero-order valence-corrected chi connectivity index (χ0v) is 11.7. The van der Waals surface area contributed by atoms with Crippen molar-refractivity contribution in [3.05, 3.63) is 34.6 Å². The van der Waals surface area contributed by atoms with E-state index in [-0.39, 0.29) is 30.1 Å². The topological polar surface area (TPSA) is 61.4 Å². The van der Waals surface area contributed by atoms with Gasteiger partial charge in [-0.05, 0) is 12.0 Å². The molecule has 1 atom stereocenters. The zero-order valence-electron chi connectivity index (χ0n) is 10.9. The molecule has 0 aliphatic rings. The van der Waals surface area contributed by atoms with Crippen molar-refractivity contribution in [2.24, 2.45) is 5.92 Å². The Morgan fingerprint density at radius 2 is 2.16 bits per heavy atom. The molecular formula is C13H18ClFN2O2. The molecule has 1 aromatic carbocycles. The molecule has 0 aromatic heterocycles. The number of carbonyl (C=O) groups is 1. The van der Waals surface area contributed by atoms with Gasteiger partial charge >= 0.3 is 6.03 Å². The van der Waals surface area contributed by atoms with Gasteiger partial charge in [0.15, 0.2) is 0 Å². The summed E-state index contributed by atoms with van der Waals surface area (Å²) in [4.78, 5) is 11.6. The highest BCUT2D eigenvalue weighted by Gasteiger charge is 2.15. The summed E-state index contributed by atoms with van der Waals surface area (Å²) < 4.78 is 13.6. The van der Waals surface area contributed by atoms with Gasteiger partial charge in [0.25, 0.3) is 0 Å². The first kappa shape index (κ1) is 15.7. The Hall–Kier alpha value is -1.33. The van der Waals surface area contributed by atoms with Crippen LogP contribution < -0.4 is 10.6 Å². The first-order valence-corrected chi connectivity index (χ1v) is 6.41. The van der Waals surface area contributed by atoms with Crippen molar-refractivity contribution in [3.8, 4) is 0 Å². The van der Waals surface area contributed by atoms with Gasteiger partial charge in [0, 0.05) is 12.1 Å². The highest BCUT2D eigenvalue weighted by molar-refractivity contribution is 6.30. The second kappa shape index (κ2) is 7.31. The number of hydrogen-bond donors (Lipinski definition) is 3. The molecule has 0 aliphatic heterocycles. The summed E-state index contributed by atoms with van der Waals surface area (Å²) in [6.45, 7) is 3.67. The van der Waals surface area contributed by atoms with Crippen molar-refractivity contribution in [3.63, 3.8) is 0 Å². The molecule has 0 unspecified atom stereocenters. The van der Waals surface area contributed by atoms with Gasteiger partial charge in [0.2, 0.25) is 0 Å². The van der Waals surface area contributed by atoms with E-state index in [1.807, 2.05) is 13.8 Å². The van der Waals surface area contributed by atoms with Crippen LogP contribution in [0.25, 0.3) is 0 Å². The second-order valence-electron chi connectivity index (χ2n) is 4.57. The lowest BCUT2D eigenvalue weighted by Gasteiger charge is -2.20. The van der Waals surface area contributed by atoms with Crippen LogP contribution in [0.2, 0.25) is 5.02 Å². The summed E-state index contributed by atoms with van der Waals surface area (Å²) in [6, 6.07) is 3.83. The van der Waals surface area contributed by atoms with Gasteiger partial charge in [-0.2, -0.15) is 0 Å². The Labute approximate surface area is 117 Å². The summed E-state index contributed by atoms with van der Waals surface area (Å²) >= 11 is 5.64. The molecule has 3 N–H and O–H groups in total. The molecule has 19 heavy (non-hydrogen) atoms.